The van der Waals surface area contributed by atoms with Gasteiger partial charge in [-0.1, -0.05) is 5.16 Å². The minimum Gasteiger partial charge on any atom is -0.475 e. The topological polar surface area (TPSA) is 80.4 Å². The molecule has 0 bridgehead atoms. The van der Waals surface area contributed by atoms with Gasteiger partial charge in [0.2, 0.25) is 5.76 Å². The number of benzene rings is 1. The number of carboxylic acids is 1. The number of hydrogen-bond acceptors (Lipinski definition) is 4. The van der Waals surface area contributed by atoms with Gasteiger partial charge in [0.05, 0.1) is 0 Å². The number of aromatic carboxylic acids is 1. The summed E-state index contributed by atoms with van der Waals surface area (Å²) in [7, 11) is 0. The van der Waals surface area contributed by atoms with E-state index in [-0.39, 0.29) is 5.76 Å². The molecule has 0 atom stereocenters. The minimum atomic E-state index is -1.19. The van der Waals surface area contributed by atoms with Gasteiger partial charge in [-0.15, -0.1) is 0 Å². The van der Waals surface area contributed by atoms with Crippen molar-refractivity contribution in [1.82, 2.24) is 5.16 Å². The maximum atomic E-state index is 11.0. The van der Waals surface area contributed by atoms with Gasteiger partial charge >= 0.3 is 5.97 Å². The van der Waals surface area contributed by atoms with Crippen LogP contribution in [0.2, 0.25) is 0 Å². The van der Waals surface area contributed by atoms with Gasteiger partial charge in [0.1, 0.15) is 5.69 Å². The molecule has 1 heterocycles. The number of aromatic nitrogens is 1. The van der Waals surface area contributed by atoms with E-state index in [4.69, 9.17) is 5.11 Å². The lowest BCUT2D eigenvalue weighted by Crippen LogP contribution is -1.93. The molecule has 1 N–H and O–H groups in total. The van der Waals surface area contributed by atoms with E-state index in [2.05, 4.69) is 9.68 Å². The smallest absolute Gasteiger partial charge is 0.374 e. The van der Waals surface area contributed by atoms with Crippen LogP contribution in [0, 0.1) is 13.8 Å². The summed E-state index contributed by atoms with van der Waals surface area (Å²) in [6.45, 7) is 3.81. The molecule has 0 unspecified atom stereocenters. The Morgan fingerprint density at radius 2 is 1.94 bits per heavy atom. The molecule has 92 valence electrons. The molecular formula is C13H11NO4. The molecule has 1 aromatic carbocycles. The first-order valence-corrected chi connectivity index (χ1v) is 5.29. The quantitative estimate of drug-likeness (QED) is 0.840. The van der Waals surface area contributed by atoms with Gasteiger partial charge in [0, 0.05) is 17.2 Å². The molecule has 0 aliphatic rings. The molecule has 0 saturated carbocycles. The Labute approximate surface area is 103 Å². The van der Waals surface area contributed by atoms with Crippen LogP contribution < -0.4 is 0 Å². The van der Waals surface area contributed by atoms with Crippen molar-refractivity contribution < 1.29 is 19.2 Å². The van der Waals surface area contributed by atoms with Crippen LogP contribution in [0.25, 0.3) is 11.3 Å². The molecule has 5 heteroatoms. The average molecular weight is 245 g/mol. The number of carbonyl (C=O) groups excluding carboxylic acids is 1. The SMILES string of the molecule is Cc1cc(C=O)c(-c2cc(C(=O)O)on2)cc1C. The van der Waals surface area contributed by atoms with Crippen LogP contribution in [0.3, 0.4) is 0 Å². The normalized spacial score (nSPS) is 10.3. The molecule has 0 aliphatic heterocycles. The fourth-order valence-electron chi connectivity index (χ4n) is 1.66. The highest BCUT2D eigenvalue weighted by Gasteiger charge is 2.15. The van der Waals surface area contributed by atoms with Crippen molar-refractivity contribution >= 4 is 12.3 Å². The molecule has 2 aromatic rings. The number of carboxylic acid groups (broad SMARTS) is 1. The summed E-state index contributed by atoms with van der Waals surface area (Å²) in [6.07, 6.45) is 0.719. The van der Waals surface area contributed by atoms with E-state index < -0.39 is 5.97 Å². The number of carbonyl (C=O) groups is 2. The summed E-state index contributed by atoms with van der Waals surface area (Å²) in [5.74, 6) is -1.44. The van der Waals surface area contributed by atoms with Crippen molar-refractivity contribution in [2.45, 2.75) is 13.8 Å². The van der Waals surface area contributed by atoms with Gasteiger partial charge in [-0.25, -0.2) is 4.79 Å². The summed E-state index contributed by atoms with van der Waals surface area (Å²) < 4.78 is 4.68. The fraction of sp³-hybridized carbons (Fsp3) is 0.154. The first-order valence-electron chi connectivity index (χ1n) is 5.29. The van der Waals surface area contributed by atoms with E-state index in [0.717, 1.165) is 17.4 Å². The molecule has 0 amide bonds. The Balaban J connectivity index is 2.58. The number of aldehydes is 1. The zero-order valence-corrected chi connectivity index (χ0v) is 9.93. The second kappa shape index (κ2) is 4.44. The van der Waals surface area contributed by atoms with E-state index >= 15 is 0 Å². The number of nitrogens with zero attached hydrogens (tertiary/aromatic N) is 1. The third kappa shape index (κ3) is 2.02. The Bertz CT molecular complexity index is 628. The number of hydrogen-bond donors (Lipinski definition) is 1. The van der Waals surface area contributed by atoms with E-state index in [1.165, 1.54) is 6.07 Å². The van der Waals surface area contributed by atoms with Crippen molar-refractivity contribution in [3.63, 3.8) is 0 Å². The van der Waals surface area contributed by atoms with Crippen LogP contribution in [-0.2, 0) is 0 Å². The molecule has 0 radical (unpaired) electrons. The molecule has 2 rings (SSSR count). The highest BCUT2D eigenvalue weighted by molar-refractivity contribution is 5.90. The van der Waals surface area contributed by atoms with Crippen molar-refractivity contribution in [2.75, 3.05) is 0 Å². The third-order valence-electron chi connectivity index (χ3n) is 2.79. The Kier molecular flexibility index (Phi) is 2.97. The maximum absolute atomic E-state index is 11.0. The lowest BCUT2D eigenvalue weighted by atomic mass is 9.98. The zero-order valence-electron chi connectivity index (χ0n) is 9.93. The van der Waals surface area contributed by atoms with E-state index in [1.807, 2.05) is 13.8 Å². The second-order valence-corrected chi connectivity index (χ2v) is 4.02. The fourth-order valence-corrected chi connectivity index (χ4v) is 1.66. The highest BCUT2D eigenvalue weighted by atomic mass is 16.5. The van der Waals surface area contributed by atoms with Crippen LogP contribution in [-0.4, -0.2) is 22.5 Å². The number of rotatable bonds is 3. The molecule has 18 heavy (non-hydrogen) atoms. The predicted octanol–water partition coefficient (Wildman–Crippen LogP) is 2.47. The van der Waals surface area contributed by atoms with Crippen molar-refractivity contribution in [3.8, 4) is 11.3 Å². The van der Waals surface area contributed by atoms with Crippen LogP contribution >= 0.6 is 0 Å². The molecule has 5 nitrogen and oxygen atoms in total. The first kappa shape index (κ1) is 12.0. The maximum Gasteiger partial charge on any atom is 0.374 e. The molecule has 1 aromatic heterocycles. The van der Waals surface area contributed by atoms with Crippen molar-refractivity contribution in [3.05, 3.63) is 40.6 Å². The molecule has 0 aliphatic carbocycles. The lowest BCUT2D eigenvalue weighted by Gasteiger charge is -2.05. The number of aryl methyl sites for hydroxylation is 2. The third-order valence-corrected chi connectivity index (χ3v) is 2.79. The summed E-state index contributed by atoms with van der Waals surface area (Å²) in [5.41, 5.74) is 3.36. The van der Waals surface area contributed by atoms with Gasteiger partial charge in [-0.05, 0) is 37.1 Å². The van der Waals surface area contributed by atoms with Gasteiger partial charge in [0.15, 0.2) is 6.29 Å². The highest BCUT2D eigenvalue weighted by Crippen LogP contribution is 2.25. The first-order chi connectivity index (χ1) is 8.52. The summed E-state index contributed by atoms with van der Waals surface area (Å²) in [4.78, 5) is 21.7. The van der Waals surface area contributed by atoms with Crippen molar-refractivity contribution in [2.24, 2.45) is 0 Å². The van der Waals surface area contributed by atoms with Crippen LogP contribution in [0.4, 0.5) is 0 Å². The Morgan fingerprint density at radius 3 is 2.50 bits per heavy atom. The summed E-state index contributed by atoms with van der Waals surface area (Å²) in [6, 6.07) is 4.84. The van der Waals surface area contributed by atoms with E-state index in [9.17, 15) is 9.59 Å². The van der Waals surface area contributed by atoms with Gasteiger partial charge in [-0.2, -0.15) is 0 Å². The van der Waals surface area contributed by atoms with Crippen molar-refractivity contribution in [1.29, 1.82) is 0 Å². The predicted molar refractivity (Wildman–Crippen MR) is 63.8 cm³/mol. The second-order valence-electron chi connectivity index (χ2n) is 4.02. The largest absolute Gasteiger partial charge is 0.475 e. The van der Waals surface area contributed by atoms with Gasteiger partial charge in [0.25, 0.3) is 0 Å². The standard InChI is InChI=1S/C13H11NO4/c1-7-3-9(6-15)10(4-8(7)2)11-5-12(13(16)17)18-14-11/h3-6H,1-2H3,(H,16,17). The van der Waals surface area contributed by atoms with Crippen LogP contribution in [0.1, 0.15) is 32.0 Å². The molecular weight excluding hydrogens is 234 g/mol. The average Bonchev–Trinajstić information content (AvgIpc) is 2.81. The monoisotopic (exact) mass is 245 g/mol. The summed E-state index contributed by atoms with van der Waals surface area (Å²) in [5, 5.41) is 12.4. The van der Waals surface area contributed by atoms with E-state index in [1.54, 1.807) is 12.1 Å². The lowest BCUT2D eigenvalue weighted by molar-refractivity contribution is 0.0652. The Hall–Kier alpha value is -2.43. The Morgan fingerprint density at radius 1 is 1.28 bits per heavy atom. The van der Waals surface area contributed by atoms with Crippen LogP contribution in [0.5, 0.6) is 0 Å². The van der Waals surface area contributed by atoms with Crippen LogP contribution in [0.15, 0.2) is 22.7 Å². The molecule has 0 saturated heterocycles. The van der Waals surface area contributed by atoms with E-state index in [0.29, 0.717) is 16.8 Å². The summed E-state index contributed by atoms with van der Waals surface area (Å²) >= 11 is 0. The zero-order chi connectivity index (χ0) is 13.3. The molecule has 0 fully saturated rings. The van der Waals surface area contributed by atoms with Gasteiger partial charge in [-0.3, -0.25) is 4.79 Å². The van der Waals surface area contributed by atoms with Gasteiger partial charge < -0.3 is 9.63 Å². The molecule has 0 spiro atoms. The minimum absolute atomic E-state index is 0.250.